The number of halogens is 2. The van der Waals surface area contributed by atoms with Crippen molar-refractivity contribution in [3.05, 3.63) is 62.6 Å². The molecule has 0 spiro atoms. The molecule has 146 valence electrons. The molecule has 0 fully saturated rings. The molecule has 0 atom stereocenters. The van der Waals surface area contributed by atoms with Crippen LogP contribution in [0.4, 0.5) is 4.39 Å². The molecule has 5 nitrogen and oxygen atoms in total. The Morgan fingerprint density at radius 3 is 2.79 bits per heavy atom. The third-order valence-electron chi connectivity index (χ3n) is 4.02. The first-order chi connectivity index (χ1) is 13.5. The van der Waals surface area contributed by atoms with Crippen LogP contribution in [0.5, 0.6) is 11.5 Å². The van der Waals surface area contributed by atoms with E-state index in [1.54, 1.807) is 31.4 Å². The zero-order valence-corrected chi connectivity index (χ0v) is 17.7. The number of hydrogen-bond acceptors (Lipinski definition) is 5. The Bertz CT molecular complexity index is 955. The highest BCUT2D eigenvalue weighted by molar-refractivity contribution is 14.1. The standard InChI is InChI=1S/C21H19FINO4/c1-3-4-9-27-19-16(23)10-13(12-18(19)26-2)11-17-21(25)28-20(24-17)14-7-5-6-8-15(14)22/h5-8,10-12H,3-4,9H2,1-2H3/b17-11-. The molecule has 0 N–H and O–H groups in total. The van der Waals surface area contributed by atoms with E-state index in [1.807, 2.05) is 6.07 Å². The number of benzene rings is 2. The van der Waals surface area contributed by atoms with Gasteiger partial charge in [0.05, 0.1) is 22.9 Å². The largest absolute Gasteiger partial charge is 0.493 e. The van der Waals surface area contributed by atoms with E-state index in [1.165, 1.54) is 12.1 Å². The van der Waals surface area contributed by atoms with E-state index in [4.69, 9.17) is 14.2 Å². The molecule has 0 unspecified atom stereocenters. The molecule has 0 aliphatic carbocycles. The maximum atomic E-state index is 13.9. The lowest BCUT2D eigenvalue weighted by Crippen LogP contribution is -2.07. The Labute approximate surface area is 176 Å². The fourth-order valence-electron chi connectivity index (χ4n) is 2.60. The molecule has 28 heavy (non-hydrogen) atoms. The molecule has 1 aliphatic rings. The number of ether oxygens (including phenoxy) is 3. The van der Waals surface area contributed by atoms with Crippen molar-refractivity contribution in [2.45, 2.75) is 19.8 Å². The number of aliphatic imine (C=N–C) groups is 1. The van der Waals surface area contributed by atoms with E-state index >= 15 is 0 Å². The number of unbranched alkanes of at least 4 members (excludes halogenated alkanes) is 1. The predicted molar refractivity (Wildman–Crippen MR) is 113 cm³/mol. The number of rotatable bonds is 7. The Hall–Kier alpha value is -2.42. The topological polar surface area (TPSA) is 57.1 Å². The zero-order valence-electron chi connectivity index (χ0n) is 15.5. The molecule has 1 aliphatic heterocycles. The molecule has 0 bridgehead atoms. The normalized spacial score (nSPS) is 14.8. The van der Waals surface area contributed by atoms with Crippen molar-refractivity contribution in [2.24, 2.45) is 4.99 Å². The summed E-state index contributed by atoms with van der Waals surface area (Å²) in [5, 5.41) is 0. The van der Waals surface area contributed by atoms with Crippen LogP contribution >= 0.6 is 22.6 Å². The van der Waals surface area contributed by atoms with Crippen LogP contribution < -0.4 is 9.47 Å². The molecule has 0 amide bonds. The highest BCUT2D eigenvalue weighted by Crippen LogP contribution is 2.35. The molecule has 2 aromatic carbocycles. The van der Waals surface area contributed by atoms with Gasteiger partial charge in [-0.05, 0) is 64.9 Å². The van der Waals surface area contributed by atoms with E-state index in [-0.39, 0.29) is 17.2 Å². The summed E-state index contributed by atoms with van der Waals surface area (Å²) >= 11 is 2.16. The lowest BCUT2D eigenvalue weighted by Gasteiger charge is -2.13. The van der Waals surface area contributed by atoms with Crippen molar-refractivity contribution in [3.63, 3.8) is 0 Å². The van der Waals surface area contributed by atoms with Gasteiger partial charge in [-0.2, -0.15) is 0 Å². The third-order valence-corrected chi connectivity index (χ3v) is 4.83. The van der Waals surface area contributed by atoms with Gasteiger partial charge >= 0.3 is 5.97 Å². The summed E-state index contributed by atoms with van der Waals surface area (Å²) in [5.41, 5.74) is 0.941. The molecule has 0 aromatic heterocycles. The van der Waals surface area contributed by atoms with Gasteiger partial charge in [-0.25, -0.2) is 14.2 Å². The third kappa shape index (κ3) is 4.52. The maximum Gasteiger partial charge on any atom is 0.363 e. The second-order valence-corrected chi connectivity index (χ2v) is 7.21. The van der Waals surface area contributed by atoms with Crippen LogP contribution in [-0.4, -0.2) is 25.6 Å². The van der Waals surface area contributed by atoms with E-state index in [9.17, 15) is 9.18 Å². The average molecular weight is 495 g/mol. The average Bonchev–Trinajstić information content (AvgIpc) is 3.03. The number of hydrogen-bond donors (Lipinski definition) is 0. The second-order valence-electron chi connectivity index (χ2n) is 6.05. The summed E-state index contributed by atoms with van der Waals surface area (Å²) in [6, 6.07) is 9.64. The molecular weight excluding hydrogens is 476 g/mol. The van der Waals surface area contributed by atoms with Gasteiger partial charge in [0.2, 0.25) is 5.90 Å². The molecule has 7 heteroatoms. The van der Waals surface area contributed by atoms with E-state index in [0.717, 1.165) is 16.4 Å². The van der Waals surface area contributed by atoms with Gasteiger partial charge in [0, 0.05) is 0 Å². The monoisotopic (exact) mass is 495 g/mol. The maximum absolute atomic E-state index is 13.9. The van der Waals surface area contributed by atoms with Crippen molar-refractivity contribution in [1.29, 1.82) is 0 Å². The minimum Gasteiger partial charge on any atom is -0.493 e. The summed E-state index contributed by atoms with van der Waals surface area (Å²) in [7, 11) is 1.56. The number of esters is 1. The SMILES string of the molecule is CCCCOc1c(I)cc(/C=C2\N=C(c3ccccc3F)OC2=O)cc1OC. The molecule has 0 saturated carbocycles. The first-order valence-corrected chi connectivity index (χ1v) is 9.89. The summed E-state index contributed by atoms with van der Waals surface area (Å²) in [6.07, 6.45) is 3.56. The van der Waals surface area contributed by atoms with Crippen molar-refractivity contribution in [1.82, 2.24) is 0 Å². The quantitative estimate of drug-likeness (QED) is 0.236. The van der Waals surface area contributed by atoms with E-state index in [0.29, 0.717) is 23.7 Å². The van der Waals surface area contributed by atoms with E-state index < -0.39 is 11.8 Å². The molecule has 0 radical (unpaired) electrons. The summed E-state index contributed by atoms with van der Waals surface area (Å²) < 4.78 is 31.2. The summed E-state index contributed by atoms with van der Waals surface area (Å²) in [6.45, 7) is 2.70. The van der Waals surface area contributed by atoms with Gasteiger partial charge in [-0.1, -0.05) is 25.5 Å². The fraction of sp³-hybridized carbons (Fsp3) is 0.238. The molecule has 2 aromatic rings. The Balaban J connectivity index is 1.91. The number of carbonyl (C=O) groups is 1. The number of methoxy groups -OCH3 is 1. The van der Waals surface area contributed by atoms with Crippen LogP contribution in [0.3, 0.4) is 0 Å². The van der Waals surface area contributed by atoms with Gasteiger partial charge in [0.1, 0.15) is 5.82 Å². The highest BCUT2D eigenvalue weighted by atomic mass is 127. The van der Waals surface area contributed by atoms with Gasteiger partial charge in [0.25, 0.3) is 0 Å². The fourth-order valence-corrected chi connectivity index (χ4v) is 3.38. The smallest absolute Gasteiger partial charge is 0.363 e. The van der Waals surface area contributed by atoms with Gasteiger partial charge in [0.15, 0.2) is 17.2 Å². The predicted octanol–water partition coefficient (Wildman–Crippen LogP) is 4.96. The minimum atomic E-state index is -0.629. The van der Waals surface area contributed by atoms with Crippen molar-refractivity contribution >= 4 is 40.5 Å². The number of cyclic esters (lactones) is 1. The van der Waals surface area contributed by atoms with Crippen molar-refractivity contribution in [3.8, 4) is 11.5 Å². The molecular formula is C21H19FINO4. The highest BCUT2D eigenvalue weighted by Gasteiger charge is 2.26. The second kappa shape index (κ2) is 9.18. The molecule has 0 saturated heterocycles. The Morgan fingerprint density at radius 2 is 2.07 bits per heavy atom. The lowest BCUT2D eigenvalue weighted by atomic mass is 10.1. The lowest BCUT2D eigenvalue weighted by molar-refractivity contribution is -0.129. The number of carbonyl (C=O) groups excluding carboxylic acids is 1. The zero-order chi connectivity index (χ0) is 20.1. The van der Waals surface area contributed by atoms with Crippen molar-refractivity contribution in [2.75, 3.05) is 13.7 Å². The Kier molecular flexibility index (Phi) is 6.66. The van der Waals surface area contributed by atoms with Crippen LogP contribution in [0.2, 0.25) is 0 Å². The van der Waals surface area contributed by atoms with Crippen LogP contribution in [0.15, 0.2) is 47.1 Å². The van der Waals surface area contributed by atoms with Crippen molar-refractivity contribution < 1.29 is 23.4 Å². The summed E-state index contributed by atoms with van der Waals surface area (Å²) in [4.78, 5) is 16.3. The van der Waals surface area contributed by atoms with Crippen LogP contribution in [0.1, 0.15) is 30.9 Å². The van der Waals surface area contributed by atoms with Gasteiger partial charge in [-0.3, -0.25) is 0 Å². The van der Waals surface area contributed by atoms with Crippen LogP contribution in [0.25, 0.3) is 6.08 Å². The summed E-state index contributed by atoms with van der Waals surface area (Å²) in [5.74, 6) is 0.0638. The van der Waals surface area contributed by atoms with E-state index in [2.05, 4.69) is 34.5 Å². The minimum absolute atomic E-state index is 0.0458. The van der Waals surface area contributed by atoms with Gasteiger partial charge in [-0.15, -0.1) is 0 Å². The first-order valence-electron chi connectivity index (χ1n) is 8.81. The van der Waals surface area contributed by atoms with Crippen LogP contribution in [0, 0.1) is 9.39 Å². The molecule has 1 heterocycles. The molecule has 3 rings (SSSR count). The Morgan fingerprint density at radius 1 is 1.29 bits per heavy atom. The first kappa shape index (κ1) is 20.3. The van der Waals surface area contributed by atoms with Crippen LogP contribution in [-0.2, 0) is 9.53 Å². The number of nitrogens with zero attached hydrogens (tertiary/aromatic N) is 1. The van der Waals surface area contributed by atoms with Gasteiger partial charge < -0.3 is 14.2 Å².